The summed E-state index contributed by atoms with van der Waals surface area (Å²) in [7, 11) is 0. The van der Waals surface area contributed by atoms with Crippen LogP contribution in [0.4, 0.5) is 4.79 Å². The smallest absolute Gasteiger partial charge is 0.408 e. The number of amides is 1. The Labute approximate surface area is 185 Å². The van der Waals surface area contributed by atoms with E-state index in [0.29, 0.717) is 6.42 Å². The van der Waals surface area contributed by atoms with Crippen molar-refractivity contribution in [3.05, 3.63) is 88.4 Å². The number of benzene rings is 1. The molecule has 1 aromatic carbocycles. The summed E-state index contributed by atoms with van der Waals surface area (Å²) in [6.07, 6.45) is 9.78. The molecular formula is C25H34N2O2S. The van der Waals surface area contributed by atoms with Crippen LogP contribution in [0, 0.1) is 13.8 Å². The monoisotopic (exact) mass is 426 g/mol. The zero-order chi connectivity index (χ0) is 22.6. The molecule has 0 aliphatic heterocycles. The van der Waals surface area contributed by atoms with E-state index in [4.69, 9.17) is 4.74 Å². The Morgan fingerprint density at radius 3 is 2.37 bits per heavy atom. The normalized spacial score (nSPS) is 12.3. The molecule has 4 nitrogen and oxygen atoms in total. The number of nitrogens with one attached hydrogen (secondary N) is 1. The van der Waals surface area contributed by atoms with Gasteiger partial charge in [0.25, 0.3) is 0 Å². The second kappa shape index (κ2) is 12.8. The minimum Gasteiger partial charge on any atom is -0.444 e. The molecule has 1 amide bonds. The minimum atomic E-state index is -0.517. The van der Waals surface area contributed by atoms with Gasteiger partial charge >= 0.3 is 6.09 Å². The SMILES string of the molecule is C=C/C=C\C=C/C.Cc1ccc(CC(NC(=O)OC(C)(C)C)c2csc(C)n2)cc1. The van der Waals surface area contributed by atoms with Crippen LogP contribution in [0.5, 0.6) is 0 Å². The molecule has 1 unspecified atom stereocenters. The van der Waals surface area contributed by atoms with Crippen LogP contribution >= 0.6 is 11.3 Å². The number of hydrogen-bond donors (Lipinski definition) is 1. The lowest BCUT2D eigenvalue weighted by molar-refractivity contribution is 0.0502. The summed E-state index contributed by atoms with van der Waals surface area (Å²) >= 11 is 1.58. The third kappa shape index (κ3) is 10.8. The van der Waals surface area contributed by atoms with Crippen LogP contribution < -0.4 is 5.32 Å². The van der Waals surface area contributed by atoms with Gasteiger partial charge in [0.2, 0.25) is 0 Å². The van der Waals surface area contributed by atoms with Crippen molar-refractivity contribution in [3.63, 3.8) is 0 Å². The van der Waals surface area contributed by atoms with E-state index in [1.807, 2.05) is 64.3 Å². The summed E-state index contributed by atoms with van der Waals surface area (Å²) in [6, 6.07) is 8.12. The molecule has 0 bridgehead atoms. The third-order valence-corrected chi connectivity index (χ3v) is 4.59. The van der Waals surface area contributed by atoms with Gasteiger partial charge in [-0.2, -0.15) is 0 Å². The molecule has 0 aliphatic carbocycles. The van der Waals surface area contributed by atoms with Gasteiger partial charge < -0.3 is 10.1 Å². The van der Waals surface area contributed by atoms with E-state index in [9.17, 15) is 4.79 Å². The first-order valence-corrected chi connectivity index (χ1v) is 10.9. The average Bonchev–Trinajstić information content (AvgIpc) is 3.09. The van der Waals surface area contributed by atoms with E-state index >= 15 is 0 Å². The lowest BCUT2D eigenvalue weighted by atomic mass is 10.0. The predicted molar refractivity (Wildman–Crippen MR) is 128 cm³/mol. The van der Waals surface area contributed by atoms with Crippen LogP contribution in [0.3, 0.4) is 0 Å². The van der Waals surface area contributed by atoms with E-state index in [0.717, 1.165) is 16.3 Å². The van der Waals surface area contributed by atoms with Gasteiger partial charge in [0, 0.05) is 5.38 Å². The number of ether oxygens (including phenoxy) is 1. The fraction of sp³-hybridized carbons (Fsp3) is 0.360. The summed E-state index contributed by atoms with van der Waals surface area (Å²) in [6.45, 7) is 15.1. The number of aryl methyl sites for hydroxylation is 2. The van der Waals surface area contributed by atoms with E-state index < -0.39 is 11.7 Å². The Kier molecular flexibility index (Phi) is 10.8. The molecular weight excluding hydrogens is 392 g/mol. The lowest BCUT2D eigenvalue weighted by Crippen LogP contribution is -2.36. The zero-order valence-corrected chi connectivity index (χ0v) is 19.8. The molecule has 1 heterocycles. The lowest BCUT2D eigenvalue weighted by Gasteiger charge is -2.23. The van der Waals surface area contributed by atoms with Gasteiger partial charge in [0.05, 0.1) is 16.7 Å². The summed E-state index contributed by atoms with van der Waals surface area (Å²) in [5.41, 5.74) is 2.73. The Morgan fingerprint density at radius 2 is 1.87 bits per heavy atom. The highest BCUT2D eigenvalue weighted by atomic mass is 32.1. The Bertz CT molecular complexity index is 843. The summed E-state index contributed by atoms with van der Waals surface area (Å²) in [5, 5.41) is 5.93. The van der Waals surface area contributed by atoms with Gasteiger partial charge in [0.1, 0.15) is 5.60 Å². The van der Waals surface area contributed by atoms with Crippen molar-refractivity contribution in [3.8, 4) is 0 Å². The number of nitrogens with zero attached hydrogens (tertiary/aromatic N) is 1. The molecule has 2 aromatic rings. The first-order chi connectivity index (χ1) is 14.1. The van der Waals surface area contributed by atoms with Crippen LogP contribution in [-0.4, -0.2) is 16.7 Å². The van der Waals surface area contributed by atoms with Gasteiger partial charge in [-0.05, 0) is 53.5 Å². The molecule has 0 spiro atoms. The molecule has 1 atom stereocenters. The third-order valence-electron chi connectivity index (χ3n) is 3.80. The summed E-state index contributed by atoms with van der Waals surface area (Å²) in [5.74, 6) is 0. The van der Waals surface area contributed by atoms with Crippen molar-refractivity contribution in [2.75, 3.05) is 0 Å². The molecule has 1 N–H and O–H groups in total. The molecule has 1 aromatic heterocycles. The van der Waals surface area contributed by atoms with Crippen LogP contribution in [0.2, 0.25) is 0 Å². The molecule has 30 heavy (non-hydrogen) atoms. The van der Waals surface area contributed by atoms with Gasteiger partial charge in [-0.3, -0.25) is 0 Å². The molecule has 0 saturated heterocycles. The van der Waals surface area contributed by atoms with Gasteiger partial charge in [-0.15, -0.1) is 11.3 Å². The molecule has 0 aliphatic rings. The highest BCUT2D eigenvalue weighted by Gasteiger charge is 2.22. The second-order valence-corrected chi connectivity index (χ2v) is 8.89. The molecule has 0 fully saturated rings. The highest BCUT2D eigenvalue weighted by Crippen LogP contribution is 2.21. The number of carbonyl (C=O) groups excluding carboxylic acids is 1. The van der Waals surface area contributed by atoms with Gasteiger partial charge in [-0.1, -0.05) is 66.8 Å². The second-order valence-electron chi connectivity index (χ2n) is 7.83. The Morgan fingerprint density at radius 1 is 1.20 bits per heavy atom. The predicted octanol–water partition coefficient (Wildman–Crippen LogP) is 6.87. The Balaban J connectivity index is 0.000000553. The van der Waals surface area contributed by atoms with Gasteiger partial charge in [0.15, 0.2) is 0 Å². The van der Waals surface area contributed by atoms with E-state index in [1.54, 1.807) is 17.4 Å². The van der Waals surface area contributed by atoms with Gasteiger partial charge in [-0.25, -0.2) is 9.78 Å². The molecule has 5 heteroatoms. The molecule has 0 saturated carbocycles. The van der Waals surface area contributed by atoms with Crippen LogP contribution in [0.25, 0.3) is 0 Å². The Hall–Kier alpha value is -2.66. The van der Waals surface area contributed by atoms with Crippen LogP contribution in [-0.2, 0) is 11.2 Å². The fourth-order valence-electron chi connectivity index (χ4n) is 2.43. The van der Waals surface area contributed by atoms with E-state index in [1.165, 1.54) is 5.56 Å². The maximum absolute atomic E-state index is 12.1. The maximum atomic E-state index is 12.1. The van der Waals surface area contributed by atoms with Crippen molar-refractivity contribution in [1.29, 1.82) is 0 Å². The van der Waals surface area contributed by atoms with Crippen molar-refractivity contribution < 1.29 is 9.53 Å². The number of aromatic nitrogens is 1. The van der Waals surface area contributed by atoms with Crippen molar-refractivity contribution in [2.45, 2.75) is 59.6 Å². The number of carbonyl (C=O) groups is 1. The largest absolute Gasteiger partial charge is 0.444 e. The number of thiazole rings is 1. The van der Waals surface area contributed by atoms with E-state index in [-0.39, 0.29) is 6.04 Å². The zero-order valence-electron chi connectivity index (χ0n) is 18.9. The summed E-state index contributed by atoms with van der Waals surface area (Å²) in [4.78, 5) is 16.7. The first kappa shape index (κ1) is 25.4. The van der Waals surface area contributed by atoms with Crippen molar-refractivity contribution in [1.82, 2.24) is 10.3 Å². The van der Waals surface area contributed by atoms with Crippen molar-refractivity contribution >= 4 is 17.4 Å². The first-order valence-electron chi connectivity index (χ1n) is 10.0. The van der Waals surface area contributed by atoms with Crippen LogP contribution in [0.15, 0.2) is 66.6 Å². The molecule has 0 radical (unpaired) electrons. The van der Waals surface area contributed by atoms with Crippen LogP contribution in [0.1, 0.15) is 55.6 Å². The number of allylic oxidation sites excluding steroid dienone is 5. The number of alkyl carbamates (subject to hydrolysis) is 1. The molecule has 162 valence electrons. The van der Waals surface area contributed by atoms with E-state index in [2.05, 4.69) is 48.1 Å². The number of hydrogen-bond acceptors (Lipinski definition) is 4. The minimum absolute atomic E-state index is 0.197. The van der Waals surface area contributed by atoms with Crippen molar-refractivity contribution in [2.24, 2.45) is 0 Å². The highest BCUT2D eigenvalue weighted by molar-refractivity contribution is 7.09. The average molecular weight is 427 g/mol. The topological polar surface area (TPSA) is 51.2 Å². The fourth-order valence-corrected chi connectivity index (χ4v) is 3.10. The maximum Gasteiger partial charge on any atom is 0.408 e. The number of rotatable bonds is 6. The summed E-state index contributed by atoms with van der Waals surface area (Å²) < 4.78 is 5.38. The quantitative estimate of drug-likeness (QED) is 0.513. The standard InChI is InChI=1S/C18H24N2O2S.C7H10/c1-12-6-8-14(9-7-12)10-15(16-11-23-13(2)19-16)20-17(21)22-18(3,4)5;1-3-5-7-6-4-2/h6-9,11,15H,10H2,1-5H3,(H,20,21);3-7H,1H2,2H3/b;6-4-,7-5-. The molecule has 2 rings (SSSR count).